The van der Waals surface area contributed by atoms with Crippen molar-refractivity contribution in [3.63, 3.8) is 0 Å². The van der Waals surface area contributed by atoms with Crippen LogP contribution in [0.5, 0.6) is 0 Å². The molecule has 0 atom stereocenters. The van der Waals surface area contributed by atoms with Crippen molar-refractivity contribution in [1.29, 1.82) is 0 Å². The summed E-state index contributed by atoms with van der Waals surface area (Å²) in [6.45, 7) is 8.35. The van der Waals surface area contributed by atoms with E-state index >= 15 is 0 Å². The molecule has 0 amide bonds. The fourth-order valence-electron chi connectivity index (χ4n) is 12.8. The minimum Gasteiger partial charge on any atom is -0.399 e. The standard InChI is InChI=1S/C41H26ClN3.C28H27BO2.C19H11Cl2N3.2CH4/c42-41-44-39(43-40(45-41)36-16-7-14-34(26-36)38-18-8-12-28-11-4-5-17-37(28)38)35-15-6-13-29(25-35)31-21-22-32-23-30(19-20-33(32)24-31)27-9-2-1-3-10-27;1-27(2)28(3,4)31-29(30-27)26-12-8-11-21(19-26)23-15-16-24-17-22(13-14-25(24)18-23)20-9-6-5-7-10-20;20-18-22-17(23-19(21)24-18)14-8-3-7-13(11-14)16-10-4-6-12-5-1-2-9-15(12)16;;/h1-26H;5-19H,1-4H3;1-11H;2*1H4. The molecule has 0 N–H and O–H groups in total. The van der Waals surface area contributed by atoms with Crippen molar-refractivity contribution in [3.05, 3.63) is 331 Å². The Morgan fingerprint density at radius 2 is 0.539 bits per heavy atom. The van der Waals surface area contributed by atoms with Crippen LogP contribution in [0.15, 0.2) is 315 Å². The van der Waals surface area contributed by atoms with Gasteiger partial charge < -0.3 is 9.31 Å². The highest BCUT2D eigenvalue weighted by molar-refractivity contribution is 6.62. The molecular weight excluding hydrogens is 1310 g/mol. The Balaban J connectivity index is 0.000000143. The van der Waals surface area contributed by atoms with E-state index in [1.807, 2.05) is 60.7 Å². The number of hydrogen-bond acceptors (Lipinski definition) is 8. The van der Waals surface area contributed by atoms with Crippen molar-refractivity contribution in [3.8, 4) is 101 Å². The first-order chi connectivity index (χ1) is 48.7. The Bertz CT molecular complexity index is 5670. The minimum absolute atomic E-state index is 0. The molecule has 498 valence electrons. The van der Waals surface area contributed by atoms with Gasteiger partial charge in [0, 0.05) is 16.7 Å². The van der Waals surface area contributed by atoms with Gasteiger partial charge in [-0.15, -0.1) is 0 Å². The molecule has 1 saturated heterocycles. The Morgan fingerprint density at radius 3 is 0.971 bits per heavy atom. The predicted molar refractivity (Wildman–Crippen MR) is 429 cm³/mol. The van der Waals surface area contributed by atoms with E-state index < -0.39 is 0 Å². The summed E-state index contributed by atoms with van der Waals surface area (Å²) in [5.41, 5.74) is 16.9. The summed E-state index contributed by atoms with van der Waals surface area (Å²) >= 11 is 18.3. The van der Waals surface area contributed by atoms with E-state index in [1.165, 1.54) is 76.5 Å². The second-order valence-electron chi connectivity index (χ2n) is 25.7. The van der Waals surface area contributed by atoms with Crippen LogP contribution in [-0.4, -0.2) is 48.2 Å². The van der Waals surface area contributed by atoms with Crippen LogP contribution in [0.4, 0.5) is 0 Å². The van der Waals surface area contributed by atoms with Crippen LogP contribution < -0.4 is 5.46 Å². The smallest absolute Gasteiger partial charge is 0.399 e. The van der Waals surface area contributed by atoms with Gasteiger partial charge in [0.05, 0.1) is 11.2 Å². The Hall–Kier alpha value is -11.0. The fraction of sp³-hybridized carbons (Fsp3) is 0.0889. The summed E-state index contributed by atoms with van der Waals surface area (Å²) in [6, 6.07) is 110. The first-order valence-electron chi connectivity index (χ1n) is 33.1. The maximum atomic E-state index is 6.50. The SMILES string of the molecule is C.C.CC1(C)OB(c2cccc(-c3ccc4cc(-c5ccccc5)ccc4c3)c2)OC1(C)C.Clc1nc(-c2cccc(-c3ccc4cc(-c5ccccc5)ccc4c3)c2)nc(-c2cccc(-c3cccc4ccccc34)c2)n1.Clc1nc(Cl)nc(-c2cccc(-c3cccc4ccccc34)c2)n1. The third-order valence-electron chi connectivity index (χ3n) is 18.7. The van der Waals surface area contributed by atoms with Crippen molar-refractivity contribution < 1.29 is 9.31 Å². The van der Waals surface area contributed by atoms with Crippen molar-refractivity contribution in [2.24, 2.45) is 0 Å². The highest BCUT2D eigenvalue weighted by Crippen LogP contribution is 2.39. The van der Waals surface area contributed by atoms with Crippen molar-refractivity contribution in [2.75, 3.05) is 0 Å². The molecule has 1 aliphatic heterocycles. The van der Waals surface area contributed by atoms with Gasteiger partial charge in [0.15, 0.2) is 17.5 Å². The average molecular weight is 1390 g/mol. The van der Waals surface area contributed by atoms with Crippen molar-refractivity contribution in [1.82, 2.24) is 29.9 Å². The van der Waals surface area contributed by atoms with Gasteiger partial charge in [-0.3, -0.25) is 0 Å². The van der Waals surface area contributed by atoms with Gasteiger partial charge in [-0.2, -0.15) is 24.9 Å². The van der Waals surface area contributed by atoms with Crippen LogP contribution in [0.2, 0.25) is 15.9 Å². The summed E-state index contributed by atoms with van der Waals surface area (Å²) in [6.07, 6.45) is 0. The molecule has 14 aromatic carbocycles. The van der Waals surface area contributed by atoms with E-state index in [4.69, 9.17) is 49.1 Å². The first kappa shape index (κ1) is 69.5. The van der Waals surface area contributed by atoms with Gasteiger partial charge in [-0.25, -0.2) is 4.98 Å². The summed E-state index contributed by atoms with van der Waals surface area (Å²) in [4.78, 5) is 26.0. The van der Waals surface area contributed by atoms with Gasteiger partial charge in [0.1, 0.15) is 0 Å². The van der Waals surface area contributed by atoms with E-state index in [2.05, 4.69) is 307 Å². The van der Waals surface area contributed by atoms with Gasteiger partial charge in [0.2, 0.25) is 15.9 Å². The lowest BCUT2D eigenvalue weighted by atomic mass is 9.78. The monoisotopic (exact) mass is 1380 g/mol. The molecule has 12 heteroatoms. The molecule has 0 aliphatic carbocycles. The fourth-order valence-corrected chi connectivity index (χ4v) is 13.3. The number of benzene rings is 14. The van der Waals surface area contributed by atoms with E-state index in [0.717, 1.165) is 55.5 Å². The molecule has 2 aromatic heterocycles. The molecule has 0 bridgehead atoms. The molecule has 0 saturated carbocycles. The molecule has 1 fully saturated rings. The van der Waals surface area contributed by atoms with Gasteiger partial charge in [-0.1, -0.05) is 288 Å². The summed E-state index contributed by atoms with van der Waals surface area (Å²) in [5, 5.41) is 10.0. The van der Waals surface area contributed by atoms with Gasteiger partial charge in [0.25, 0.3) is 0 Å². The third kappa shape index (κ3) is 15.0. The van der Waals surface area contributed by atoms with Crippen LogP contribution in [0.1, 0.15) is 42.5 Å². The van der Waals surface area contributed by atoms with E-state index in [9.17, 15) is 0 Å². The number of fused-ring (bicyclic) bond motifs is 4. The zero-order valence-electron chi connectivity index (χ0n) is 55.2. The molecule has 16 aromatic rings. The summed E-state index contributed by atoms with van der Waals surface area (Å²) in [7, 11) is -0.348. The van der Waals surface area contributed by atoms with Crippen LogP contribution in [0.3, 0.4) is 0 Å². The zero-order valence-corrected chi connectivity index (χ0v) is 57.5. The second kappa shape index (κ2) is 30.1. The molecule has 0 unspecified atom stereocenters. The molecule has 17 rings (SSSR count). The normalized spacial score (nSPS) is 12.8. The number of hydrogen-bond donors (Lipinski definition) is 0. The lowest BCUT2D eigenvalue weighted by molar-refractivity contribution is 0.00578. The lowest BCUT2D eigenvalue weighted by Gasteiger charge is -2.32. The Labute approximate surface area is 611 Å². The largest absolute Gasteiger partial charge is 0.494 e. The van der Waals surface area contributed by atoms with Gasteiger partial charge in [-0.05, 0) is 220 Å². The molecular formula is C90H72BCl3N6O2. The highest BCUT2D eigenvalue weighted by Gasteiger charge is 2.51. The Morgan fingerprint density at radius 1 is 0.245 bits per heavy atom. The minimum atomic E-state index is -0.348. The van der Waals surface area contributed by atoms with Gasteiger partial charge >= 0.3 is 7.12 Å². The molecule has 0 spiro atoms. The van der Waals surface area contributed by atoms with Crippen LogP contribution >= 0.6 is 34.8 Å². The predicted octanol–water partition coefficient (Wildman–Crippen LogP) is 24.6. The van der Waals surface area contributed by atoms with Crippen LogP contribution in [-0.2, 0) is 9.31 Å². The molecule has 8 nitrogen and oxygen atoms in total. The Kier molecular flexibility index (Phi) is 20.5. The lowest BCUT2D eigenvalue weighted by Crippen LogP contribution is -2.41. The van der Waals surface area contributed by atoms with E-state index in [0.29, 0.717) is 17.5 Å². The third-order valence-corrected chi connectivity index (χ3v) is 19.2. The average Bonchev–Trinajstić information content (AvgIpc) is 1.53. The summed E-state index contributed by atoms with van der Waals surface area (Å²) in [5.74, 6) is 1.54. The maximum absolute atomic E-state index is 6.50. The topological polar surface area (TPSA) is 95.8 Å². The van der Waals surface area contributed by atoms with Crippen molar-refractivity contribution >= 4 is 90.5 Å². The number of rotatable bonds is 10. The number of nitrogens with zero attached hydrogens (tertiary/aromatic N) is 6. The quantitative estimate of drug-likeness (QED) is 0.125. The maximum Gasteiger partial charge on any atom is 0.494 e. The highest BCUT2D eigenvalue weighted by atomic mass is 35.5. The van der Waals surface area contributed by atoms with Crippen LogP contribution in [0.25, 0.3) is 144 Å². The summed E-state index contributed by atoms with van der Waals surface area (Å²) < 4.78 is 12.5. The van der Waals surface area contributed by atoms with E-state index in [-0.39, 0.29) is 49.0 Å². The van der Waals surface area contributed by atoms with Crippen molar-refractivity contribution in [2.45, 2.75) is 53.8 Å². The number of halogens is 3. The molecule has 0 radical (unpaired) electrons. The molecule has 102 heavy (non-hydrogen) atoms. The van der Waals surface area contributed by atoms with E-state index in [1.54, 1.807) is 0 Å². The zero-order chi connectivity index (χ0) is 68.3. The molecule has 3 heterocycles. The van der Waals surface area contributed by atoms with Crippen LogP contribution in [0, 0.1) is 0 Å². The number of aromatic nitrogens is 6. The first-order valence-corrected chi connectivity index (χ1v) is 34.3. The molecule has 1 aliphatic rings. The second-order valence-corrected chi connectivity index (χ2v) is 26.8.